The molecule has 31 heavy (non-hydrogen) atoms. The fourth-order valence-corrected chi connectivity index (χ4v) is 4.41. The molecule has 0 radical (unpaired) electrons. The van der Waals surface area contributed by atoms with Crippen LogP contribution in [-0.2, 0) is 16.0 Å². The first kappa shape index (κ1) is 21.3. The molecule has 2 aromatic rings. The molecule has 0 saturated carbocycles. The van der Waals surface area contributed by atoms with Crippen molar-refractivity contribution in [3.63, 3.8) is 0 Å². The van der Waals surface area contributed by atoms with Crippen molar-refractivity contribution in [2.75, 3.05) is 44.2 Å². The van der Waals surface area contributed by atoms with E-state index in [0.29, 0.717) is 45.4 Å². The lowest BCUT2D eigenvalue weighted by Crippen LogP contribution is -2.53. The monoisotopic (exact) mass is 424 g/mol. The van der Waals surface area contributed by atoms with Gasteiger partial charge in [-0.3, -0.25) is 9.59 Å². The second-order valence-corrected chi connectivity index (χ2v) is 8.40. The predicted octanol–water partition coefficient (Wildman–Crippen LogP) is 2.66. The molecule has 2 aliphatic rings. The van der Waals surface area contributed by atoms with Gasteiger partial charge in [-0.2, -0.15) is 0 Å². The van der Waals surface area contributed by atoms with Crippen LogP contribution in [0.25, 0.3) is 0 Å². The second-order valence-electron chi connectivity index (χ2n) is 8.40. The second kappa shape index (κ2) is 9.45. The number of hydrogen-bond acceptors (Lipinski definition) is 4. The van der Waals surface area contributed by atoms with Crippen LogP contribution >= 0.6 is 0 Å². The normalized spacial score (nSPS) is 19.6. The van der Waals surface area contributed by atoms with Gasteiger partial charge in [0.25, 0.3) is 0 Å². The first-order chi connectivity index (χ1) is 15.0. The van der Waals surface area contributed by atoms with Gasteiger partial charge >= 0.3 is 0 Å². The molecule has 1 unspecified atom stereocenters. The van der Waals surface area contributed by atoms with Gasteiger partial charge in [-0.15, -0.1) is 0 Å². The van der Waals surface area contributed by atoms with E-state index in [-0.39, 0.29) is 23.5 Å². The number of halogens is 1. The van der Waals surface area contributed by atoms with Crippen LogP contribution in [0.5, 0.6) is 0 Å². The highest BCUT2D eigenvalue weighted by atomic mass is 19.1. The molecule has 4 rings (SSSR count). The van der Waals surface area contributed by atoms with Crippen molar-refractivity contribution in [1.82, 2.24) is 14.8 Å². The third kappa shape index (κ3) is 5.21. The summed E-state index contributed by atoms with van der Waals surface area (Å²) in [5.41, 5.74) is 1.85. The van der Waals surface area contributed by atoms with Crippen molar-refractivity contribution in [1.29, 1.82) is 0 Å². The van der Waals surface area contributed by atoms with E-state index < -0.39 is 0 Å². The Bertz CT molecular complexity index is 943. The van der Waals surface area contributed by atoms with Crippen LogP contribution in [0.1, 0.15) is 24.1 Å². The van der Waals surface area contributed by atoms with Crippen molar-refractivity contribution in [2.24, 2.45) is 5.92 Å². The molecule has 2 amide bonds. The highest BCUT2D eigenvalue weighted by molar-refractivity contribution is 5.84. The summed E-state index contributed by atoms with van der Waals surface area (Å²) in [6, 6.07) is 12.5. The number of amides is 2. The van der Waals surface area contributed by atoms with E-state index in [1.54, 1.807) is 11.0 Å². The van der Waals surface area contributed by atoms with Crippen LogP contribution < -0.4 is 4.90 Å². The highest BCUT2D eigenvalue weighted by Crippen LogP contribution is 2.22. The van der Waals surface area contributed by atoms with Crippen molar-refractivity contribution in [3.8, 4) is 0 Å². The molecule has 0 spiro atoms. The smallest absolute Gasteiger partial charge is 0.227 e. The third-order valence-electron chi connectivity index (χ3n) is 6.20. The van der Waals surface area contributed by atoms with E-state index >= 15 is 0 Å². The van der Waals surface area contributed by atoms with Crippen molar-refractivity contribution >= 4 is 17.6 Å². The summed E-state index contributed by atoms with van der Waals surface area (Å²) >= 11 is 0. The van der Waals surface area contributed by atoms with Crippen LogP contribution in [-0.4, -0.2) is 65.9 Å². The minimum absolute atomic E-state index is 0.0794. The standard InChI is InChI=1S/C24H29FN4O2/c1-18-4-2-7-22(26-18)27-12-14-28(15-13-27)24(31)20-8-9-23(30)29(17-20)11-10-19-5-3-6-21(25)16-19/h2-7,16,20H,8-15,17H2,1H3. The summed E-state index contributed by atoms with van der Waals surface area (Å²) < 4.78 is 13.4. The minimum Gasteiger partial charge on any atom is -0.353 e. The van der Waals surface area contributed by atoms with Crippen LogP contribution in [0.15, 0.2) is 42.5 Å². The van der Waals surface area contributed by atoms with Crippen molar-refractivity contribution in [3.05, 3.63) is 59.5 Å². The quantitative estimate of drug-likeness (QED) is 0.741. The maximum atomic E-state index is 13.4. The lowest BCUT2D eigenvalue weighted by Gasteiger charge is -2.39. The number of piperazine rings is 1. The summed E-state index contributed by atoms with van der Waals surface area (Å²) in [5.74, 6) is 0.749. The summed E-state index contributed by atoms with van der Waals surface area (Å²) in [7, 11) is 0. The van der Waals surface area contributed by atoms with Gasteiger partial charge < -0.3 is 14.7 Å². The SMILES string of the molecule is Cc1cccc(N2CCN(C(=O)C3CCC(=O)N(CCc4cccc(F)c4)C3)CC2)n1. The number of pyridine rings is 1. The molecule has 6 nitrogen and oxygen atoms in total. The summed E-state index contributed by atoms with van der Waals surface area (Å²) in [4.78, 5) is 36.0. The minimum atomic E-state index is -0.268. The Morgan fingerprint density at radius 1 is 1.13 bits per heavy atom. The number of piperidine rings is 1. The zero-order valence-electron chi connectivity index (χ0n) is 18.0. The molecule has 0 aliphatic carbocycles. The van der Waals surface area contributed by atoms with Gasteiger partial charge in [0.2, 0.25) is 11.8 Å². The van der Waals surface area contributed by atoms with Gasteiger partial charge in [0.1, 0.15) is 11.6 Å². The first-order valence-corrected chi connectivity index (χ1v) is 11.0. The van der Waals surface area contributed by atoms with E-state index in [9.17, 15) is 14.0 Å². The number of nitrogens with zero attached hydrogens (tertiary/aromatic N) is 4. The molecular weight excluding hydrogens is 395 g/mol. The average molecular weight is 425 g/mol. The Balaban J connectivity index is 1.31. The summed E-state index contributed by atoms with van der Waals surface area (Å²) in [6.45, 7) is 5.80. The fourth-order valence-electron chi connectivity index (χ4n) is 4.41. The first-order valence-electron chi connectivity index (χ1n) is 11.0. The molecule has 1 aromatic heterocycles. The van der Waals surface area contributed by atoms with Gasteiger partial charge in [0.05, 0.1) is 5.92 Å². The van der Waals surface area contributed by atoms with E-state index in [2.05, 4.69) is 9.88 Å². The molecule has 1 atom stereocenters. The van der Waals surface area contributed by atoms with Crippen LogP contribution in [0.2, 0.25) is 0 Å². The average Bonchev–Trinajstić information content (AvgIpc) is 2.78. The maximum Gasteiger partial charge on any atom is 0.227 e. The Labute approximate surface area is 182 Å². The number of hydrogen-bond donors (Lipinski definition) is 0. The Morgan fingerprint density at radius 2 is 1.90 bits per heavy atom. The molecule has 1 aromatic carbocycles. The van der Waals surface area contributed by atoms with Crippen LogP contribution in [0.3, 0.4) is 0 Å². The van der Waals surface area contributed by atoms with Gasteiger partial charge in [-0.1, -0.05) is 18.2 Å². The van der Waals surface area contributed by atoms with Crippen LogP contribution in [0.4, 0.5) is 10.2 Å². The molecule has 164 valence electrons. The summed E-state index contributed by atoms with van der Waals surface area (Å²) in [6.07, 6.45) is 1.59. The third-order valence-corrected chi connectivity index (χ3v) is 6.20. The lowest BCUT2D eigenvalue weighted by atomic mass is 9.95. The molecule has 2 fully saturated rings. The van der Waals surface area contributed by atoms with Crippen LogP contribution in [0, 0.1) is 18.7 Å². The lowest BCUT2D eigenvalue weighted by molar-refractivity contribution is -0.143. The molecule has 3 heterocycles. The molecule has 7 heteroatoms. The van der Waals surface area contributed by atoms with E-state index in [0.717, 1.165) is 30.2 Å². The predicted molar refractivity (Wildman–Crippen MR) is 117 cm³/mol. The van der Waals surface area contributed by atoms with Gasteiger partial charge in [-0.25, -0.2) is 9.37 Å². The Kier molecular flexibility index (Phi) is 6.49. The zero-order chi connectivity index (χ0) is 21.8. The molecule has 2 saturated heterocycles. The van der Waals surface area contributed by atoms with Crippen molar-refractivity contribution in [2.45, 2.75) is 26.2 Å². The number of likely N-dealkylation sites (tertiary alicyclic amines) is 1. The Hall–Kier alpha value is -2.96. The molecule has 0 bridgehead atoms. The number of anilines is 1. The largest absolute Gasteiger partial charge is 0.353 e. The maximum absolute atomic E-state index is 13.4. The van der Waals surface area contributed by atoms with Gasteiger partial charge in [0.15, 0.2) is 0 Å². The van der Waals surface area contributed by atoms with Crippen molar-refractivity contribution < 1.29 is 14.0 Å². The van der Waals surface area contributed by atoms with E-state index in [1.165, 1.54) is 12.1 Å². The molecule has 2 aliphatic heterocycles. The van der Waals surface area contributed by atoms with Gasteiger partial charge in [-0.05, 0) is 49.6 Å². The Morgan fingerprint density at radius 3 is 2.65 bits per heavy atom. The molecule has 0 N–H and O–H groups in total. The molecular formula is C24H29FN4O2. The number of carbonyl (C=O) groups is 2. The number of aryl methyl sites for hydroxylation is 1. The zero-order valence-corrected chi connectivity index (χ0v) is 18.0. The van der Waals surface area contributed by atoms with E-state index in [4.69, 9.17) is 0 Å². The number of benzene rings is 1. The number of carbonyl (C=O) groups excluding carboxylic acids is 2. The highest BCUT2D eigenvalue weighted by Gasteiger charge is 2.33. The topological polar surface area (TPSA) is 56.8 Å². The number of aromatic nitrogens is 1. The van der Waals surface area contributed by atoms with E-state index in [1.807, 2.05) is 36.1 Å². The summed E-state index contributed by atoms with van der Waals surface area (Å²) in [5, 5.41) is 0. The number of rotatable bonds is 5. The van der Waals surface area contributed by atoms with Gasteiger partial charge in [0, 0.05) is 51.4 Å². The fraction of sp³-hybridized carbons (Fsp3) is 0.458.